The fourth-order valence-electron chi connectivity index (χ4n) is 3.62. The lowest BCUT2D eigenvalue weighted by Gasteiger charge is -2.15. The maximum atomic E-state index is 12.8. The van der Waals surface area contributed by atoms with Gasteiger partial charge >= 0.3 is 0 Å². The first-order valence-corrected chi connectivity index (χ1v) is 11.7. The standard InChI is InChI=1S/C22H24N4O2S2/c1-12(20(28)26-16-10-8-15(9-11-16)25-14(3)27)29-21-19-17-6-4-5-7-18(17)30-22(19)24-13(2)23-21/h8-12H,4-7H2,1-3H3,(H,25,27)(H,26,28). The second-order valence-corrected chi connectivity index (χ2v) is 9.89. The molecule has 0 spiro atoms. The number of anilines is 2. The molecule has 0 bridgehead atoms. The number of aryl methyl sites for hydroxylation is 3. The van der Waals surface area contributed by atoms with E-state index in [1.165, 1.54) is 42.0 Å². The van der Waals surface area contributed by atoms with Gasteiger partial charge in [-0.3, -0.25) is 9.59 Å². The number of benzene rings is 1. The molecule has 0 saturated carbocycles. The average Bonchev–Trinajstić information content (AvgIpc) is 3.07. The normalized spacial score (nSPS) is 14.2. The smallest absolute Gasteiger partial charge is 0.237 e. The number of nitrogens with zero attached hydrogens (tertiary/aromatic N) is 2. The Morgan fingerprint density at radius 3 is 2.43 bits per heavy atom. The van der Waals surface area contributed by atoms with Crippen molar-refractivity contribution < 1.29 is 9.59 Å². The van der Waals surface area contributed by atoms with Gasteiger partial charge in [-0.05, 0) is 69.4 Å². The number of thioether (sulfide) groups is 1. The summed E-state index contributed by atoms with van der Waals surface area (Å²) < 4.78 is 0. The van der Waals surface area contributed by atoms with Gasteiger partial charge in [0.25, 0.3) is 0 Å². The van der Waals surface area contributed by atoms with E-state index in [1.807, 2.05) is 13.8 Å². The summed E-state index contributed by atoms with van der Waals surface area (Å²) in [6.07, 6.45) is 4.61. The number of aromatic nitrogens is 2. The predicted octanol–water partition coefficient (Wildman–Crippen LogP) is 4.96. The molecule has 4 rings (SSSR count). The van der Waals surface area contributed by atoms with Crippen molar-refractivity contribution in [1.29, 1.82) is 0 Å². The number of hydrogen-bond acceptors (Lipinski definition) is 6. The Labute approximate surface area is 183 Å². The van der Waals surface area contributed by atoms with Gasteiger partial charge in [0.2, 0.25) is 11.8 Å². The van der Waals surface area contributed by atoms with Gasteiger partial charge in [0.15, 0.2) is 0 Å². The third kappa shape index (κ3) is 4.49. The van der Waals surface area contributed by atoms with Crippen LogP contribution in [-0.4, -0.2) is 27.0 Å². The van der Waals surface area contributed by atoms with Gasteiger partial charge in [-0.15, -0.1) is 11.3 Å². The van der Waals surface area contributed by atoms with Gasteiger partial charge in [-0.25, -0.2) is 9.97 Å². The van der Waals surface area contributed by atoms with Crippen molar-refractivity contribution in [2.75, 3.05) is 10.6 Å². The minimum absolute atomic E-state index is 0.0826. The zero-order valence-corrected chi connectivity index (χ0v) is 18.9. The third-order valence-electron chi connectivity index (χ3n) is 5.02. The maximum Gasteiger partial charge on any atom is 0.237 e. The average molecular weight is 441 g/mol. The summed E-state index contributed by atoms with van der Waals surface area (Å²) in [4.78, 5) is 35.7. The highest BCUT2D eigenvalue weighted by molar-refractivity contribution is 8.00. The number of hydrogen-bond donors (Lipinski definition) is 2. The molecule has 2 N–H and O–H groups in total. The molecule has 2 amide bonds. The number of amides is 2. The van der Waals surface area contributed by atoms with E-state index in [-0.39, 0.29) is 17.1 Å². The molecule has 8 heteroatoms. The Hall–Kier alpha value is -2.45. The number of carbonyl (C=O) groups excluding carboxylic acids is 2. The van der Waals surface area contributed by atoms with Crippen LogP contribution in [0.15, 0.2) is 29.3 Å². The zero-order valence-electron chi connectivity index (χ0n) is 17.2. The number of nitrogens with one attached hydrogen (secondary N) is 2. The van der Waals surface area contributed by atoms with Crippen molar-refractivity contribution in [3.05, 3.63) is 40.5 Å². The summed E-state index contributed by atoms with van der Waals surface area (Å²) >= 11 is 3.27. The Morgan fingerprint density at radius 2 is 1.73 bits per heavy atom. The Kier molecular flexibility index (Phi) is 6.06. The quantitative estimate of drug-likeness (QED) is 0.433. The molecule has 1 aromatic carbocycles. The molecular formula is C22H24N4O2S2. The molecule has 3 aromatic rings. The first-order chi connectivity index (χ1) is 14.4. The van der Waals surface area contributed by atoms with E-state index in [9.17, 15) is 9.59 Å². The van der Waals surface area contributed by atoms with Crippen LogP contribution in [0.2, 0.25) is 0 Å². The van der Waals surface area contributed by atoms with E-state index < -0.39 is 0 Å². The molecule has 30 heavy (non-hydrogen) atoms. The molecule has 1 unspecified atom stereocenters. The van der Waals surface area contributed by atoms with E-state index in [2.05, 4.69) is 20.6 Å². The summed E-state index contributed by atoms with van der Waals surface area (Å²) in [5.41, 5.74) is 2.77. The molecule has 0 fully saturated rings. The molecule has 1 aliphatic carbocycles. The maximum absolute atomic E-state index is 12.8. The molecule has 156 valence electrons. The molecule has 1 atom stereocenters. The van der Waals surface area contributed by atoms with Crippen molar-refractivity contribution in [2.24, 2.45) is 0 Å². The lowest BCUT2D eigenvalue weighted by molar-refractivity contribution is -0.115. The van der Waals surface area contributed by atoms with Crippen LogP contribution in [0.1, 0.15) is 43.0 Å². The van der Waals surface area contributed by atoms with Gasteiger partial charge in [0.1, 0.15) is 15.7 Å². The first kappa shape index (κ1) is 20.8. The van der Waals surface area contributed by atoms with Crippen molar-refractivity contribution in [1.82, 2.24) is 9.97 Å². The second kappa shape index (κ2) is 8.73. The Morgan fingerprint density at radius 1 is 1.07 bits per heavy atom. The summed E-state index contributed by atoms with van der Waals surface area (Å²) in [5, 5.41) is 7.40. The minimum atomic E-state index is -0.309. The minimum Gasteiger partial charge on any atom is -0.326 e. The van der Waals surface area contributed by atoms with Gasteiger partial charge < -0.3 is 10.6 Å². The molecular weight excluding hydrogens is 416 g/mol. The molecule has 0 aliphatic heterocycles. The van der Waals surface area contributed by atoms with Crippen LogP contribution in [0.4, 0.5) is 11.4 Å². The summed E-state index contributed by atoms with van der Waals surface area (Å²) in [6, 6.07) is 7.10. The lowest BCUT2D eigenvalue weighted by Crippen LogP contribution is -2.22. The van der Waals surface area contributed by atoms with Crippen molar-refractivity contribution in [2.45, 2.75) is 56.7 Å². The van der Waals surface area contributed by atoms with Crippen molar-refractivity contribution in [3.63, 3.8) is 0 Å². The fourth-order valence-corrected chi connectivity index (χ4v) is 6.01. The number of fused-ring (bicyclic) bond motifs is 3. The monoisotopic (exact) mass is 440 g/mol. The van der Waals surface area contributed by atoms with Gasteiger partial charge in [0, 0.05) is 28.6 Å². The SMILES string of the molecule is CC(=O)Nc1ccc(NC(=O)C(C)Sc2nc(C)nc3sc4c(c23)CCCC4)cc1. The molecule has 6 nitrogen and oxygen atoms in total. The van der Waals surface area contributed by atoms with Crippen LogP contribution < -0.4 is 10.6 Å². The van der Waals surface area contributed by atoms with Crippen LogP contribution in [0.5, 0.6) is 0 Å². The largest absolute Gasteiger partial charge is 0.326 e. The summed E-state index contributed by atoms with van der Waals surface area (Å²) in [6.45, 7) is 5.27. The van der Waals surface area contributed by atoms with Gasteiger partial charge in [0.05, 0.1) is 5.25 Å². The number of carbonyl (C=O) groups is 2. The van der Waals surface area contributed by atoms with Crippen LogP contribution >= 0.6 is 23.1 Å². The third-order valence-corrected chi connectivity index (χ3v) is 7.30. The van der Waals surface area contributed by atoms with Crippen LogP contribution in [0, 0.1) is 6.92 Å². The van der Waals surface area contributed by atoms with E-state index in [4.69, 9.17) is 0 Å². The first-order valence-electron chi connectivity index (χ1n) is 10.0. The highest BCUT2D eigenvalue weighted by Crippen LogP contribution is 2.40. The van der Waals surface area contributed by atoms with Crippen LogP contribution in [-0.2, 0) is 22.4 Å². The molecule has 1 aliphatic rings. The zero-order chi connectivity index (χ0) is 21.3. The fraction of sp³-hybridized carbons (Fsp3) is 0.364. The Bertz CT molecular complexity index is 1110. The number of thiophene rings is 1. The predicted molar refractivity (Wildman–Crippen MR) is 123 cm³/mol. The molecule has 0 radical (unpaired) electrons. The number of rotatable bonds is 5. The lowest BCUT2D eigenvalue weighted by atomic mass is 9.97. The van der Waals surface area contributed by atoms with Crippen LogP contribution in [0.25, 0.3) is 10.2 Å². The summed E-state index contributed by atoms with van der Waals surface area (Å²) in [5.74, 6) is 0.532. The van der Waals surface area contributed by atoms with Crippen LogP contribution in [0.3, 0.4) is 0 Å². The van der Waals surface area contributed by atoms with E-state index in [1.54, 1.807) is 35.6 Å². The van der Waals surface area contributed by atoms with Crippen molar-refractivity contribution in [3.8, 4) is 0 Å². The van der Waals surface area contributed by atoms with E-state index in [0.29, 0.717) is 11.4 Å². The Balaban J connectivity index is 1.51. The highest BCUT2D eigenvalue weighted by Gasteiger charge is 2.23. The highest BCUT2D eigenvalue weighted by atomic mass is 32.2. The second-order valence-electron chi connectivity index (χ2n) is 7.47. The summed E-state index contributed by atoms with van der Waals surface area (Å²) in [7, 11) is 0. The van der Waals surface area contributed by atoms with Gasteiger partial charge in [-0.2, -0.15) is 0 Å². The van der Waals surface area contributed by atoms with Crippen molar-refractivity contribution >= 4 is 56.5 Å². The van der Waals surface area contributed by atoms with E-state index in [0.717, 1.165) is 33.9 Å². The topological polar surface area (TPSA) is 84.0 Å². The van der Waals surface area contributed by atoms with E-state index >= 15 is 0 Å². The molecule has 0 saturated heterocycles. The van der Waals surface area contributed by atoms with Gasteiger partial charge in [-0.1, -0.05) is 11.8 Å². The molecule has 2 aromatic heterocycles. The molecule has 2 heterocycles.